The first-order valence-corrected chi connectivity index (χ1v) is 11.9. The Bertz CT molecular complexity index is 424. The molecule has 2 aliphatic heterocycles. The molecule has 0 amide bonds. The van der Waals surface area contributed by atoms with E-state index in [1.807, 2.05) is 0 Å². The van der Waals surface area contributed by atoms with Crippen LogP contribution < -0.4 is 0 Å². The zero-order valence-corrected chi connectivity index (χ0v) is 16.5. The lowest BCUT2D eigenvalue weighted by Gasteiger charge is -2.40. The highest BCUT2D eigenvalue weighted by molar-refractivity contribution is 6.73. The van der Waals surface area contributed by atoms with E-state index in [-0.39, 0.29) is 36.2 Å². The van der Waals surface area contributed by atoms with E-state index in [9.17, 15) is 9.59 Å². The highest BCUT2D eigenvalue weighted by atomic mass is 28.4. The predicted molar refractivity (Wildman–Crippen MR) is 94.4 cm³/mol. The maximum Gasteiger partial charge on any atom is 0.308 e. The minimum absolute atomic E-state index is 0.0171. The molecular weight excluding hydrogens is 324 g/mol. The first kappa shape index (κ1) is 19.6. The average molecular weight is 357 g/mol. The summed E-state index contributed by atoms with van der Waals surface area (Å²) < 4.78 is 18.0. The highest BCUT2D eigenvalue weighted by Gasteiger charge is 2.39. The molecule has 4 atom stereocenters. The third-order valence-electron chi connectivity index (χ3n) is 5.52. The molecule has 0 radical (unpaired) electrons. The van der Waals surface area contributed by atoms with Gasteiger partial charge in [-0.2, -0.15) is 0 Å². The second kappa shape index (κ2) is 8.58. The summed E-state index contributed by atoms with van der Waals surface area (Å²) in [5.74, 6) is 0.00856. The van der Waals surface area contributed by atoms with Crippen LogP contribution in [-0.2, 0) is 23.5 Å². The Balaban J connectivity index is 2.00. The number of hydrogen-bond donors (Lipinski definition) is 0. The SMILES string of the molecule is CC[Si](CC)(CC)O[C@@H](CC(C)=O)C[C@H]1C[C@H]2C[C@H](CC(=O)O2)O1. The largest absolute Gasteiger partial charge is 0.462 e. The summed E-state index contributed by atoms with van der Waals surface area (Å²) in [6, 6.07) is 3.22. The molecule has 2 bridgehead atoms. The van der Waals surface area contributed by atoms with Crippen LogP contribution in [0.3, 0.4) is 0 Å². The number of fused-ring (bicyclic) bond motifs is 2. The van der Waals surface area contributed by atoms with Crippen LogP contribution in [0.4, 0.5) is 0 Å². The van der Waals surface area contributed by atoms with Gasteiger partial charge in [-0.05, 0) is 31.5 Å². The third kappa shape index (κ3) is 5.13. The van der Waals surface area contributed by atoms with E-state index in [0.29, 0.717) is 12.8 Å². The van der Waals surface area contributed by atoms with Crippen LogP contribution in [0.1, 0.15) is 59.8 Å². The second-order valence-electron chi connectivity index (χ2n) is 7.29. The molecule has 2 heterocycles. The first-order chi connectivity index (χ1) is 11.4. The molecule has 0 unspecified atom stereocenters. The van der Waals surface area contributed by atoms with Crippen molar-refractivity contribution in [1.82, 2.24) is 0 Å². The zero-order valence-electron chi connectivity index (χ0n) is 15.5. The summed E-state index contributed by atoms with van der Waals surface area (Å²) in [4.78, 5) is 23.2. The molecular formula is C18H32O5Si. The number of ketones is 1. The van der Waals surface area contributed by atoms with Gasteiger partial charge in [-0.15, -0.1) is 0 Å². The third-order valence-corrected chi connectivity index (χ3v) is 10.2. The van der Waals surface area contributed by atoms with Crippen LogP contribution >= 0.6 is 0 Å². The van der Waals surface area contributed by atoms with Gasteiger partial charge in [0, 0.05) is 19.3 Å². The van der Waals surface area contributed by atoms with Gasteiger partial charge in [-0.25, -0.2) is 0 Å². The Morgan fingerprint density at radius 3 is 2.42 bits per heavy atom. The first-order valence-electron chi connectivity index (χ1n) is 9.41. The standard InChI is InChI=1S/C18H32O5Si/c1-5-24(6-2,7-3)23-17(8-13(4)19)11-14-9-15-10-16(21-14)12-18(20)22-15/h14-17H,5-12H2,1-4H3/t14-,15+,16-,17+/m1/s1. The number of ether oxygens (including phenoxy) is 2. The lowest BCUT2D eigenvalue weighted by Crippen LogP contribution is -2.46. The summed E-state index contributed by atoms with van der Waals surface area (Å²) >= 11 is 0. The molecule has 138 valence electrons. The van der Waals surface area contributed by atoms with Gasteiger partial charge < -0.3 is 13.9 Å². The number of rotatable bonds is 9. The molecule has 0 aromatic rings. The molecule has 6 heteroatoms. The van der Waals surface area contributed by atoms with Crippen LogP contribution in [0.25, 0.3) is 0 Å². The predicted octanol–water partition coefficient (Wildman–Crippen LogP) is 3.61. The van der Waals surface area contributed by atoms with Crippen molar-refractivity contribution in [2.75, 3.05) is 0 Å². The topological polar surface area (TPSA) is 61.8 Å². The van der Waals surface area contributed by atoms with Crippen molar-refractivity contribution in [2.45, 2.75) is 102 Å². The van der Waals surface area contributed by atoms with Crippen molar-refractivity contribution in [2.24, 2.45) is 0 Å². The Morgan fingerprint density at radius 1 is 1.21 bits per heavy atom. The molecule has 5 nitrogen and oxygen atoms in total. The fourth-order valence-electron chi connectivity index (χ4n) is 4.01. The van der Waals surface area contributed by atoms with E-state index in [0.717, 1.165) is 37.4 Å². The van der Waals surface area contributed by atoms with Crippen LogP contribution in [0.15, 0.2) is 0 Å². The quantitative estimate of drug-likeness (QED) is 0.466. The van der Waals surface area contributed by atoms with Gasteiger partial charge in [-0.3, -0.25) is 9.59 Å². The summed E-state index contributed by atoms with van der Waals surface area (Å²) in [6.45, 7) is 8.22. The second-order valence-corrected chi connectivity index (χ2v) is 12.0. The van der Waals surface area contributed by atoms with E-state index in [1.54, 1.807) is 6.92 Å². The van der Waals surface area contributed by atoms with Gasteiger partial charge in [0.05, 0.1) is 24.7 Å². The van der Waals surface area contributed by atoms with Gasteiger partial charge in [0.15, 0.2) is 8.32 Å². The zero-order chi connectivity index (χ0) is 17.7. The summed E-state index contributed by atoms with van der Waals surface area (Å²) in [6.07, 6.45) is 2.93. The number of carbonyl (C=O) groups excluding carboxylic acids is 2. The van der Waals surface area contributed by atoms with E-state index in [1.165, 1.54) is 0 Å². The fraction of sp³-hybridized carbons (Fsp3) is 0.889. The average Bonchev–Trinajstić information content (AvgIpc) is 2.51. The molecule has 0 spiro atoms. The Labute approximate surface area is 146 Å². The van der Waals surface area contributed by atoms with Crippen LogP contribution in [0, 0.1) is 0 Å². The van der Waals surface area contributed by atoms with Crippen molar-refractivity contribution in [1.29, 1.82) is 0 Å². The summed E-state index contributed by atoms with van der Waals surface area (Å²) in [5, 5.41) is 0. The van der Waals surface area contributed by atoms with Crippen molar-refractivity contribution in [3.05, 3.63) is 0 Å². The van der Waals surface area contributed by atoms with E-state index >= 15 is 0 Å². The van der Waals surface area contributed by atoms with Crippen molar-refractivity contribution in [3.63, 3.8) is 0 Å². The van der Waals surface area contributed by atoms with Crippen LogP contribution in [0.2, 0.25) is 18.1 Å². The van der Waals surface area contributed by atoms with Crippen LogP contribution in [0.5, 0.6) is 0 Å². The van der Waals surface area contributed by atoms with Gasteiger partial charge >= 0.3 is 5.97 Å². The minimum Gasteiger partial charge on any atom is -0.462 e. The minimum atomic E-state index is -1.76. The van der Waals surface area contributed by atoms with Gasteiger partial charge in [0.1, 0.15) is 11.9 Å². The van der Waals surface area contributed by atoms with E-state index < -0.39 is 8.32 Å². The lowest BCUT2D eigenvalue weighted by atomic mass is 9.93. The molecule has 0 saturated carbocycles. The fourth-order valence-corrected chi connectivity index (χ4v) is 6.89. The van der Waals surface area contributed by atoms with Gasteiger partial charge in [-0.1, -0.05) is 20.8 Å². The molecule has 2 rings (SSSR count). The Hall–Kier alpha value is -0.723. The maximum absolute atomic E-state index is 11.7. The van der Waals surface area contributed by atoms with Crippen molar-refractivity contribution >= 4 is 20.1 Å². The van der Waals surface area contributed by atoms with Crippen LogP contribution in [-0.4, -0.2) is 44.5 Å². The van der Waals surface area contributed by atoms with Gasteiger partial charge in [0.2, 0.25) is 0 Å². The molecule has 2 saturated heterocycles. The molecule has 2 aliphatic rings. The molecule has 24 heavy (non-hydrogen) atoms. The molecule has 0 aliphatic carbocycles. The van der Waals surface area contributed by atoms with Gasteiger partial charge in [0.25, 0.3) is 0 Å². The number of esters is 1. The lowest BCUT2D eigenvalue weighted by molar-refractivity contribution is -0.186. The molecule has 2 fully saturated rings. The summed E-state index contributed by atoms with van der Waals surface area (Å²) in [7, 11) is -1.76. The molecule has 0 aromatic heterocycles. The van der Waals surface area contributed by atoms with Crippen molar-refractivity contribution in [3.8, 4) is 0 Å². The normalized spacial score (nSPS) is 28.3. The molecule has 0 N–H and O–H groups in total. The monoisotopic (exact) mass is 356 g/mol. The number of carbonyl (C=O) groups is 2. The Kier molecular flexibility index (Phi) is 7.01. The molecule has 0 aromatic carbocycles. The highest BCUT2D eigenvalue weighted by Crippen LogP contribution is 2.33. The summed E-state index contributed by atoms with van der Waals surface area (Å²) in [5.41, 5.74) is 0. The van der Waals surface area contributed by atoms with E-state index in [2.05, 4.69) is 20.8 Å². The maximum atomic E-state index is 11.7. The van der Waals surface area contributed by atoms with E-state index in [4.69, 9.17) is 13.9 Å². The Morgan fingerprint density at radius 2 is 1.88 bits per heavy atom. The van der Waals surface area contributed by atoms with Crippen molar-refractivity contribution < 1.29 is 23.5 Å². The smallest absolute Gasteiger partial charge is 0.308 e. The number of hydrogen-bond acceptors (Lipinski definition) is 5. The number of Topliss-reactive ketones (excluding diaryl/α,β-unsaturated/α-hetero) is 1.